The Morgan fingerprint density at radius 3 is 2.05 bits per heavy atom. The summed E-state index contributed by atoms with van der Waals surface area (Å²) in [6, 6.07) is 19.0. The molecule has 0 aliphatic carbocycles. The smallest absolute Gasteiger partial charge is 0.0175 e. The molecular weight excluding hydrogens is 334 g/mol. The van der Waals surface area contributed by atoms with Crippen LogP contribution in [0.5, 0.6) is 0 Å². The van der Waals surface area contributed by atoms with Crippen LogP contribution in [0.25, 0.3) is 5.57 Å². The summed E-state index contributed by atoms with van der Waals surface area (Å²) in [5, 5.41) is 0. The van der Waals surface area contributed by atoms with Crippen LogP contribution in [0.4, 0.5) is 0 Å². The Morgan fingerprint density at radius 1 is 0.950 bits per heavy atom. The largest absolute Gasteiger partial charge is 0.306 e. The number of rotatable bonds is 4. The lowest BCUT2D eigenvalue weighted by molar-refractivity contribution is 0.457. The Labute approximate surface area is 135 Å². The predicted octanol–water partition coefficient (Wildman–Crippen LogP) is 4.86. The van der Waals surface area contributed by atoms with E-state index >= 15 is 0 Å². The van der Waals surface area contributed by atoms with E-state index in [-0.39, 0.29) is 12.4 Å². The van der Waals surface area contributed by atoms with Gasteiger partial charge in [-0.25, -0.2) is 0 Å². The molecule has 2 rings (SSSR count). The van der Waals surface area contributed by atoms with E-state index < -0.39 is 0 Å². The van der Waals surface area contributed by atoms with Crippen LogP contribution in [0.1, 0.15) is 11.1 Å². The van der Waals surface area contributed by atoms with Crippen molar-refractivity contribution >= 4 is 33.9 Å². The quantitative estimate of drug-likeness (QED) is 0.759. The molecule has 106 valence electrons. The summed E-state index contributed by atoms with van der Waals surface area (Å²) >= 11 is 3.49. The lowest BCUT2D eigenvalue weighted by Crippen LogP contribution is -2.11. The van der Waals surface area contributed by atoms with Crippen LogP contribution in [0.3, 0.4) is 0 Å². The zero-order valence-electron chi connectivity index (χ0n) is 11.7. The van der Waals surface area contributed by atoms with Crippen LogP contribution in [-0.4, -0.2) is 25.5 Å². The van der Waals surface area contributed by atoms with E-state index in [0.29, 0.717) is 0 Å². The first-order valence-corrected chi connectivity index (χ1v) is 7.12. The highest BCUT2D eigenvalue weighted by atomic mass is 79.9. The van der Waals surface area contributed by atoms with Gasteiger partial charge in [0.1, 0.15) is 0 Å². The molecular formula is C17H19BrClN. The van der Waals surface area contributed by atoms with E-state index in [1.165, 1.54) is 16.7 Å². The standard InChI is InChI=1S/C17H18BrN.ClH/c1-19(2)13-12-17(14-6-4-3-5-7-14)15-8-10-16(18)11-9-15;/h3-12H,13H2,1-2H3;1H/b17-12-;. The molecule has 0 fully saturated rings. The van der Waals surface area contributed by atoms with Gasteiger partial charge in [-0.05, 0) is 42.9 Å². The Hall–Kier alpha value is -1.09. The zero-order chi connectivity index (χ0) is 13.7. The highest BCUT2D eigenvalue weighted by molar-refractivity contribution is 9.10. The number of benzene rings is 2. The fraction of sp³-hybridized carbons (Fsp3) is 0.176. The third-order valence-electron chi connectivity index (χ3n) is 2.90. The molecule has 0 bridgehead atoms. The van der Waals surface area contributed by atoms with Crippen molar-refractivity contribution in [3.8, 4) is 0 Å². The maximum atomic E-state index is 3.49. The fourth-order valence-corrected chi connectivity index (χ4v) is 2.19. The predicted molar refractivity (Wildman–Crippen MR) is 93.5 cm³/mol. The van der Waals surface area contributed by atoms with Crippen molar-refractivity contribution in [2.45, 2.75) is 0 Å². The molecule has 2 aromatic rings. The van der Waals surface area contributed by atoms with E-state index in [4.69, 9.17) is 0 Å². The number of hydrogen-bond donors (Lipinski definition) is 0. The minimum absolute atomic E-state index is 0. The molecule has 0 aliphatic heterocycles. The highest BCUT2D eigenvalue weighted by Crippen LogP contribution is 2.24. The van der Waals surface area contributed by atoms with Gasteiger partial charge in [0.2, 0.25) is 0 Å². The van der Waals surface area contributed by atoms with E-state index in [1.807, 2.05) is 0 Å². The van der Waals surface area contributed by atoms with Gasteiger partial charge >= 0.3 is 0 Å². The fourth-order valence-electron chi connectivity index (χ4n) is 1.92. The van der Waals surface area contributed by atoms with Crippen LogP contribution in [0, 0.1) is 0 Å². The van der Waals surface area contributed by atoms with Crippen molar-refractivity contribution in [3.05, 3.63) is 76.3 Å². The van der Waals surface area contributed by atoms with Crippen LogP contribution in [-0.2, 0) is 0 Å². The lowest BCUT2D eigenvalue weighted by atomic mass is 9.97. The van der Waals surface area contributed by atoms with Crippen molar-refractivity contribution in [2.24, 2.45) is 0 Å². The molecule has 20 heavy (non-hydrogen) atoms. The average Bonchev–Trinajstić information content (AvgIpc) is 2.42. The molecule has 0 aliphatic rings. The summed E-state index contributed by atoms with van der Waals surface area (Å²) in [5.74, 6) is 0. The summed E-state index contributed by atoms with van der Waals surface area (Å²) < 4.78 is 1.11. The third kappa shape index (κ3) is 4.78. The van der Waals surface area contributed by atoms with Gasteiger partial charge in [-0.3, -0.25) is 0 Å². The first kappa shape index (κ1) is 17.0. The van der Waals surface area contributed by atoms with Gasteiger partial charge in [0.15, 0.2) is 0 Å². The summed E-state index contributed by atoms with van der Waals surface area (Å²) in [4.78, 5) is 2.17. The van der Waals surface area contributed by atoms with Gasteiger partial charge in [-0.2, -0.15) is 0 Å². The number of nitrogens with zero attached hydrogens (tertiary/aromatic N) is 1. The Morgan fingerprint density at radius 2 is 1.50 bits per heavy atom. The van der Waals surface area contributed by atoms with Gasteiger partial charge in [-0.1, -0.05) is 64.5 Å². The van der Waals surface area contributed by atoms with Crippen molar-refractivity contribution in [1.82, 2.24) is 4.90 Å². The summed E-state index contributed by atoms with van der Waals surface area (Å²) in [7, 11) is 4.17. The van der Waals surface area contributed by atoms with Crippen LogP contribution < -0.4 is 0 Å². The molecule has 0 heterocycles. The molecule has 0 saturated carbocycles. The molecule has 1 nitrogen and oxygen atoms in total. The molecule has 2 aromatic carbocycles. The molecule has 0 radical (unpaired) electrons. The molecule has 0 unspecified atom stereocenters. The first-order chi connectivity index (χ1) is 9.16. The summed E-state index contributed by atoms with van der Waals surface area (Å²) in [5.41, 5.74) is 3.78. The van der Waals surface area contributed by atoms with Crippen LogP contribution >= 0.6 is 28.3 Å². The summed E-state index contributed by atoms with van der Waals surface area (Å²) in [6.07, 6.45) is 2.28. The van der Waals surface area contributed by atoms with Crippen molar-refractivity contribution in [2.75, 3.05) is 20.6 Å². The topological polar surface area (TPSA) is 3.24 Å². The average molecular weight is 353 g/mol. The zero-order valence-corrected chi connectivity index (χ0v) is 14.1. The van der Waals surface area contributed by atoms with Crippen molar-refractivity contribution in [1.29, 1.82) is 0 Å². The Kier molecular flexibility index (Phi) is 7.00. The molecule has 0 amide bonds. The maximum absolute atomic E-state index is 3.49. The van der Waals surface area contributed by atoms with Crippen molar-refractivity contribution in [3.63, 3.8) is 0 Å². The van der Waals surface area contributed by atoms with E-state index in [0.717, 1.165) is 11.0 Å². The second kappa shape index (κ2) is 8.25. The Bertz CT molecular complexity index is 547. The van der Waals surface area contributed by atoms with Gasteiger partial charge in [0.25, 0.3) is 0 Å². The molecule has 0 N–H and O–H groups in total. The van der Waals surface area contributed by atoms with Gasteiger partial charge in [-0.15, -0.1) is 12.4 Å². The number of likely N-dealkylation sites (N-methyl/N-ethyl adjacent to an activating group) is 1. The van der Waals surface area contributed by atoms with Crippen LogP contribution in [0.2, 0.25) is 0 Å². The van der Waals surface area contributed by atoms with Gasteiger partial charge in [0, 0.05) is 11.0 Å². The number of halogens is 2. The normalized spacial score (nSPS) is 11.3. The van der Waals surface area contributed by atoms with Crippen molar-refractivity contribution < 1.29 is 0 Å². The molecule has 0 aromatic heterocycles. The third-order valence-corrected chi connectivity index (χ3v) is 3.43. The van der Waals surface area contributed by atoms with E-state index in [9.17, 15) is 0 Å². The Balaban J connectivity index is 0.00000200. The second-order valence-corrected chi connectivity index (χ2v) is 5.67. The molecule has 3 heteroatoms. The summed E-state index contributed by atoms with van der Waals surface area (Å²) in [6.45, 7) is 0.931. The first-order valence-electron chi connectivity index (χ1n) is 6.33. The lowest BCUT2D eigenvalue weighted by Gasteiger charge is -2.11. The number of hydrogen-bond acceptors (Lipinski definition) is 1. The molecule has 0 spiro atoms. The SMILES string of the molecule is CN(C)C/C=C(/c1ccccc1)c1ccc(Br)cc1.Cl. The molecule has 0 atom stereocenters. The highest BCUT2D eigenvalue weighted by Gasteiger charge is 2.04. The maximum Gasteiger partial charge on any atom is 0.0175 e. The van der Waals surface area contributed by atoms with E-state index in [2.05, 4.69) is 95.6 Å². The minimum atomic E-state index is 0. The monoisotopic (exact) mass is 351 g/mol. The minimum Gasteiger partial charge on any atom is -0.306 e. The van der Waals surface area contributed by atoms with Crippen LogP contribution in [0.15, 0.2) is 65.1 Å². The van der Waals surface area contributed by atoms with Gasteiger partial charge in [0.05, 0.1) is 0 Å². The van der Waals surface area contributed by atoms with Gasteiger partial charge < -0.3 is 4.90 Å². The second-order valence-electron chi connectivity index (χ2n) is 4.75. The molecule has 0 saturated heterocycles. The van der Waals surface area contributed by atoms with E-state index in [1.54, 1.807) is 0 Å².